The van der Waals surface area contributed by atoms with Crippen LogP contribution in [0.25, 0.3) is 17.1 Å². The van der Waals surface area contributed by atoms with Gasteiger partial charge >= 0.3 is 0 Å². The number of thioether (sulfide) groups is 1. The van der Waals surface area contributed by atoms with Gasteiger partial charge in [0.05, 0.1) is 10.6 Å². The smallest absolute Gasteiger partial charge is 0.242 e. The largest absolute Gasteiger partial charge is 0.269 e. The molecule has 0 saturated carbocycles. The van der Waals surface area contributed by atoms with Crippen molar-refractivity contribution in [2.75, 3.05) is 19.8 Å². The van der Waals surface area contributed by atoms with Gasteiger partial charge in [-0.15, -0.1) is 10.2 Å². The SMILES string of the molecule is CCSc1nnc(-c2cccc(S(=O)(=O)N(C)C)c2)n1-c1c(C)cccc1C. The molecule has 0 unspecified atom stereocenters. The van der Waals surface area contributed by atoms with E-state index in [0.717, 1.165) is 27.7 Å². The number of nitrogens with zero attached hydrogens (tertiary/aromatic N) is 4. The first-order chi connectivity index (χ1) is 13.3. The highest BCUT2D eigenvalue weighted by atomic mass is 32.2. The van der Waals surface area contributed by atoms with E-state index in [1.54, 1.807) is 30.0 Å². The van der Waals surface area contributed by atoms with Crippen molar-refractivity contribution in [1.82, 2.24) is 19.1 Å². The molecule has 6 nitrogen and oxygen atoms in total. The molecule has 148 valence electrons. The fourth-order valence-corrected chi connectivity index (χ4v) is 4.66. The summed E-state index contributed by atoms with van der Waals surface area (Å²) < 4.78 is 28.4. The third-order valence-electron chi connectivity index (χ3n) is 4.44. The zero-order valence-corrected chi connectivity index (χ0v) is 18.3. The second kappa shape index (κ2) is 8.06. The van der Waals surface area contributed by atoms with E-state index in [-0.39, 0.29) is 4.90 Å². The van der Waals surface area contributed by atoms with Crippen molar-refractivity contribution in [2.45, 2.75) is 30.8 Å². The van der Waals surface area contributed by atoms with Gasteiger partial charge in [0.1, 0.15) is 0 Å². The first-order valence-corrected chi connectivity index (χ1v) is 11.4. The van der Waals surface area contributed by atoms with Gasteiger partial charge in [0.25, 0.3) is 0 Å². The molecular weight excluding hydrogens is 392 g/mol. The molecule has 0 aliphatic carbocycles. The minimum atomic E-state index is -3.53. The summed E-state index contributed by atoms with van der Waals surface area (Å²) in [5.41, 5.74) is 3.95. The number of hydrogen-bond donors (Lipinski definition) is 0. The number of rotatable bonds is 6. The van der Waals surface area contributed by atoms with E-state index in [9.17, 15) is 8.42 Å². The van der Waals surface area contributed by atoms with Crippen LogP contribution in [0.3, 0.4) is 0 Å². The molecule has 0 spiro atoms. The van der Waals surface area contributed by atoms with E-state index in [1.165, 1.54) is 18.4 Å². The normalized spacial score (nSPS) is 11.9. The average Bonchev–Trinajstić information content (AvgIpc) is 3.05. The maximum Gasteiger partial charge on any atom is 0.242 e. The molecule has 3 rings (SSSR count). The Kier molecular flexibility index (Phi) is 5.92. The van der Waals surface area contributed by atoms with Gasteiger partial charge in [-0.05, 0) is 42.9 Å². The number of hydrogen-bond acceptors (Lipinski definition) is 5. The molecule has 0 aliphatic rings. The molecule has 0 bridgehead atoms. The Morgan fingerprint density at radius 2 is 1.68 bits per heavy atom. The zero-order chi connectivity index (χ0) is 20.5. The van der Waals surface area contributed by atoms with Crippen LogP contribution in [-0.4, -0.2) is 47.3 Å². The first-order valence-electron chi connectivity index (χ1n) is 8.95. The Morgan fingerprint density at radius 1 is 1.04 bits per heavy atom. The number of aryl methyl sites for hydroxylation is 2. The van der Waals surface area contributed by atoms with Crippen LogP contribution >= 0.6 is 11.8 Å². The number of benzene rings is 2. The summed E-state index contributed by atoms with van der Waals surface area (Å²) in [6.07, 6.45) is 0. The summed E-state index contributed by atoms with van der Waals surface area (Å²) in [5, 5.41) is 9.59. The van der Waals surface area contributed by atoms with Crippen molar-refractivity contribution in [1.29, 1.82) is 0 Å². The molecule has 0 fully saturated rings. The molecule has 1 aromatic heterocycles. The van der Waals surface area contributed by atoms with E-state index < -0.39 is 10.0 Å². The topological polar surface area (TPSA) is 68.1 Å². The third kappa shape index (κ3) is 3.72. The van der Waals surface area contributed by atoms with E-state index in [4.69, 9.17) is 0 Å². The van der Waals surface area contributed by atoms with Crippen LogP contribution in [0.15, 0.2) is 52.5 Å². The van der Waals surface area contributed by atoms with Crippen LogP contribution < -0.4 is 0 Å². The number of para-hydroxylation sites is 1. The fraction of sp³-hybridized carbons (Fsp3) is 0.300. The lowest BCUT2D eigenvalue weighted by Gasteiger charge is -2.16. The van der Waals surface area contributed by atoms with Crippen LogP contribution in [0.1, 0.15) is 18.1 Å². The quantitative estimate of drug-likeness (QED) is 0.570. The van der Waals surface area contributed by atoms with Gasteiger partial charge in [0.15, 0.2) is 11.0 Å². The van der Waals surface area contributed by atoms with Crippen molar-refractivity contribution < 1.29 is 8.42 Å². The van der Waals surface area contributed by atoms with Gasteiger partial charge in [-0.25, -0.2) is 12.7 Å². The molecule has 0 N–H and O–H groups in total. The molecular formula is C20H24N4O2S2. The van der Waals surface area contributed by atoms with Crippen molar-refractivity contribution >= 4 is 21.8 Å². The number of sulfonamides is 1. The van der Waals surface area contributed by atoms with Gasteiger partial charge in [-0.1, -0.05) is 49.0 Å². The Morgan fingerprint density at radius 3 is 2.29 bits per heavy atom. The second-order valence-corrected chi connectivity index (χ2v) is 10.0. The molecule has 3 aromatic rings. The zero-order valence-electron chi connectivity index (χ0n) is 16.7. The predicted molar refractivity (Wildman–Crippen MR) is 114 cm³/mol. The van der Waals surface area contributed by atoms with Crippen molar-refractivity contribution in [2.24, 2.45) is 0 Å². The van der Waals surface area contributed by atoms with Gasteiger partial charge in [-0.3, -0.25) is 4.57 Å². The average molecular weight is 417 g/mol. The van der Waals surface area contributed by atoms with Crippen molar-refractivity contribution in [3.05, 3.63) is 53.6 Å². The van der Waals surface area contributed by atoms with Gasteiger partial charge in [0.2, 0.25) is 10.0 Å². The van der Waals surface area contributed by atoms with Gasteiger partial charge in [-0.2, -0.15) is 0 Å². The van der Waals surface area contributed by atoms with Crippen LogP contribution in [-0.2, 0) is 10.0 Å². The Hall–Kier alpha value is -2.16. The summed E-state index contributed by atoms with van der Waals surface area (Å²) in [7, 11) is -0.484. The molecule has 0 atom stereocenters. The monoisotopic (exact) mass is 416 g/mol. The molecule has 0 aliphatic heterocycles. The summed E-state index contributed by atoms with van der Waals surface area (Å²) in [5.74, 6) is 1.49. The predicted octanol–water partition coefficient (Wildman–Crippen LogP) is 3.91. The van der Waals surface area contributed by atoms with E-state index in [1.807, 2.05) is 16.7 Å². The van der Waals surface area contributed by atoms with Crippen molar-refractivity contribution in [3.8, 4) is 17.1 Å². The highest BCUT2D eigenvalue weighted by Crippen LogP contribution is 2.32. The Labute approximate surface area is 170 Å². The van der Waals surface area contributed by atoms with E-state index in [2.05, 4.69) is 43.1 Å². The Bertz CT molecular complexity index is 1080. The van der Waals surface area contributed by atoms with Crippen LogP contribution in [0.2, 0.25) is 0 Å². The lowest BCUT2D eigenvalue weighted by molar-refractivity contribution is 0.521. The van der Waals surface area contributed by atoms with E-state index in [0.29, 0.717) is 11.4 Å². The van der Waals surface area contributed by atoms with Crippen LogP contribution in [0.5, 0.6) is 0 Å². The van der Waals surface area contributed by atoms with Crippen molar-refractivity contribution in [3.63, 3.8) is 0 Å². The third-order valence-corrected chi connectivity index (χ3v) is 7.06. The van der Waals surface area contributed by atoms with Gasteiger partial charge in [0, 0.05) is 19.7 Å². The summed E-state index contributed by atoms with van der Waals surface area (Å²) >= 11 is 1.61. The molecule has 1 heterocycles. The lowest BCUT2D eigenvalue weighted by Crippen LogP contribution is -2.22. The van der Waals surface area contributed by atoms with Gasteiger partial charge < -0.3 is 0 Å². The van der Waals surface area contributed by atoms with E-state index >= 15 is 0 Å². The standard InChI is InChI=1S/C20H24N4O2S2/c1-6-27-20-22-21-19(24(20)18-14(2)9-7-10-15(18)3)16-11-8-12-17(13-16)28(25,26)23(4)5/h7-13H,6H2,1-5H3. The molecule has 0 saturated heterocycles. The molecule has 0 radical (unpaired) electrons. The minimum Gasteiger partial charge on any atom is -0.269 e. The molecule has 0 amide bonds. The summed E-state index contributed by atoms with van der Waals surface area (Å²) in [6, 6.07) is 13.0. The summed E-state index contributed by atoms with van der Waals surface area (Å²) in [4.78, 5) is 0.232. The fourth-order valence-electron chi connectivity index (χ4n) is 3.05. The Balaban J connectivity index is 2.25. The minimum absolute atomic E-state index is 0.232. The maximum atomic E-state index is 12.6. The molecule has 28 heavy (non-hydrogen) atoms. The highest BCUT2D eigenvalue weighted by Gasteiger charge is 2.22. The highest BCUT2D eigenvalue weighted by molar-refractivity contribution is 7.99. The first kappa shape index (κ1) is 20.6. The summed E-state index contributed by atoms with van der Waals surface area (Å²) in [6.45, 7) is 6.18. The maximum absolute atomic E-state index is 12.6. The van der Waals surface area contributed by atoms with Crippen LogP contribution in [0.4, 0.5) is 0 Å². The molecule has 8 heteroatoms. The second-order valence-electron chi connectivity index (χ2n) is 6.63. The number of aromatic nitrogens is 3. The molecule has 2 aromatic carbocycles. The lowest BCUT2D eigenvalue weighted by atomic mass is 10.1. The van der Waals surface area contributed by atoms with Crippen LogP contribution in [0, 0.1) is 13.8 Å².